The first-order valence-electron chi connectivity index (χ1n) is 12.5. The Morgan fingerprint density at radius 3 is 2.71 bits per heavy atom. The SMILES string of the molecule is CC(=O)OC[C@H]1CC[C@@H]2[C@@H](C=CC(=O)COc3ccccc3)[C@H](OC3CCCCO3)C[C@@H]2OC1. The average molecular weight is 473 g/mol. The predicted octanol–water partition coefficient (Wildman–Crippen LogP) is 4.10. The zero-order valence-corrected chi connectivity index (χ0v) is 19.9. The quantitative estimate of drug-likeness (QED) is 0.395. The third-order valence-electron chi connectivity index (χ3n) is 6.94. The molecule has 1 aliphatic carbocycles. The lowest BCUT2D eigenvalue weighted by atomic mass is 9.87. The number of hydrogen-bond acceptors (Lipinski definition) is 7. The van der Waals surface area contributed by atoms with Crippen molar-refractivity contribution in [2.75, 3.05) is 26.4 Å². The van der Waals surface area contributed by atoms with Gasteiger partial charge in [-0.15, -0.1) is 0 Å². The summed E-state index contributed by atoms with van der Waals surface area (Å²) in [5.74, 6) is 0.835. The van der Waals surface area contributed by atoms with Gasteiger partial charge in [0, 0.05) is 31.8 Å². The smallest absolute Gasteiger partial charge is 0.302 e. The molecule has 4 rings (SSSR count). The molecule has 1 saturated carbocycles. The fraction of sp³-hybridized carbons (Fsp3) is 0.630. The summed E-state index contributed by atoms with van der Waals surface area (Å²) in [6.45, 7) is 3.12. The summed E-state index contributed by atoms with van der Waals surface area (Å²) in [5.41, 5.74) is 0. The van der Waals surface area contributed by atoms with Crippen LogP contribution >= 0.6 is 0 Å². The maximum atomic E-state index is 12.5. The summed E-state index contributed by atoms with van der Waals surface area (Å²) in [6.07, 6.45) is 9.14. The second kappa shape index (κ2) is 12.5. The van der Waals surface area contributed by atoms with Gasteiger partial charge in [0.2, 0.25) is 0 Å². The Kier molecular flexibility index (Phi) is 9.13. The Balaban J connectivity index is 1.39. The number of carbonyl (C=O) groups excluding carboxylic acids is 2. The predicted molar refractivity (Wildman–Crippen MR) is 125 cm³/mol. The van der Waals surface area contributed by atoms with Crippen LogP contribution in [0.25, 0.3) is 0 Å². The summed E-state index contributed by atoms with van der Waals surface area (Å²) in [6, 6.07) is 9.34. The molecule has 0 bridgehead atoms. The topological polar surface area (TPSA) is 80.3 Å². The highest BCUT2D eigenvalue weighted by Gasteiger charge is 2.45. The molecule has 0 aromatic heterocycles. The monoisotopic (exact) mass is 472 g/mol. The van der Waals surface area contributed by atoms with Crippen molar-refractivity contribution in [3.8, 4) is 5.75 Å². The summed E-state index contributed by atoms with van der Waals surface area (Å²) in [4.78, 5) is 23.7. The van der Waals surface area contributed by atoms with Gasteiger partial charge >= 0.3 is 5.97 Å². The summed E-state index contributed by atoms with van der Waals surface area (Å²) >= 11 is 0. The molecule has 1 aromatic carbocycles. The van der Waals surface area contributed by atoms with E-state index in [1.165, 1.54) is 6.92 Å². The summed E-state index contributed by atoms with van der Waals surface area (Å²) in [5, 5.41) is 0. The lowest BCUT2D eigenvalue weighted by Gasteiger charge is -2.29. The Morgan fingerprint density at radius 2 is 1.94 bits per heavy atom. The van der Waals surface area contributed by atoms with Crippen LogP contribution in [0.2, 0.25) is 0 Å². The molecule has 2 heterocycles. The summed E-state index contributed by atoms with van der Waals surface area (Å²) < 4.78 is 29.3. The van der Waals surface area contributed by atoms with Crippen molar-refractivity contribution in [1.82, 2.24) is 0 Å². The normalized spacial score (nSPS) is 31.6. The Labute approximate surface area is 201 Å². The molecule has 3 aliphatic rings. The van der Waals surface area contributed by atoms with E-state index in [-0.39, 0.29) is 54.6 Å². The van der Waals surface area contributed by atoms with Crippen molar-refractivity contribution in [2.45, 2.75) is 63.9 Å². The number of rotatable bonds is 9. The van der Waals surface area contributed by atoms with Crippen molar-refractivity contribution < 1.29 is 33.3 Å². The van der Waals surface area contributed by atoms with Gasteiger partial charge in [-0.2, -0.15) is 0 Å². The number of ketones is 1. The van der Waals surface area contributed by atoms with Gasteiger partial charge in [-0.1, -0.05) is 24.3 Å². The Morgan fingerprint density at radius 1 is 1.09 bits per heavy atom. The Bertz CT molecular complexity index is 818. The molecule has 0 spiro atoms. The van der Waals surface area contributed by atoms with E-state index in [0.717, 1.165) is 45.1 Å². The summed E-state index contributed by atoms with van der Waals surface area (Å²) in [7, 11) is 0. The van der Waals surface area contributed by atoms with Gasteiger partial charge in [-0.25, -0.2) is 0 Å². The van der Waals surface area contributed by atoms with Crippen LogP contribution in [-0.2, 0) is 28.5 Å². The molecular formula is C27H36O7. The van der Waals surface area contributed by atoms with Crippen LogP contribution in [0, 0.1) is 17.8 Å². The lowest BCUT2D eigenvalue weighted by Crippen LogP contribution is -2.31. The van der Waals surface area contributed by atoms with Crippen molar-refractivity contribution in [1.29, 1.82) is 0 Å². The van der Waals surface area contributed by atoms with Crippen LogP contribution in [0.1, 0.15) is 45.4 Å². The molecule has 186 valence electrons. The fourth-order valence-corrected chi connectivity index (χ4v) is 5.16. The van der Waals surface area contributed by atoms with E-state index in [2.05, 4.69) is 0 Å². The van der Waals surface area contributed by atoms with E-state index in [0.29, 0.717) is 19.0 Å². The van der Waals surface area contributed by atoms with Crippen LogP contribution in [0.15, 0.2) is 42.5 Å². The first-order valence-corrected chi connectivity index (χ1v) is 12.5. The molecule has 3 fully saturated rings. The third-order valence-corrected chi connectivity index (χ3v) is 6.94. The molecule has 0 radical (unpaired) electrons. The highest BCUT2D eigenvalue weighted by molar-refractivity contribution is 5.91. The van der Waals surface area contributed by atoms with Crippen LogP contribution in [0.3, 0.4) is 0 Å². The van der Waals surface area contributed by atoms with Gasteiger partial charge in [0.15, 0.2) is 18.7 Å². The number of esters is 1. The van der Waals surface area contributed by atoms with Crippen molar-refractivity contribution >= 4 is 11.8 Å². The third kappa shape index (κ3) is 7.14. The number of para-hydroxylation sites is 1. The largest absolute Gasteiger partial charge is 0.485 e. The molecule has 0 N–H and O–H groups in total. The lowest BCUT2D eigenvalue weighted by molar-refractivity contribution is -0.193. The fourth-order valence-electron chi connectivity index (χ4n) is 5.16. The first-order chi connectivity index (χ1) is 16.6. The van der Waals surface area contributed by atoms with Gasteiger partial charge in [0.1, 0.15) is 5.75 Å². The van der Waals surface area contributed by atoms with E-state index in [1.54, 1.807) is 6.08 Å². The van der Waals surface area contributed by atoms with E-state index >= 15 is 0 Å². The minimum Gasteiger partial charge on any atom is -0.485 e. The van der Waals surface area contributed by atoms with E-state index in [9.17, 15) is 9.59 Å². The zero-order valence-electron chi connectivity index (χ0n) is 19.9. The maximum Gasteiger partial charge on any atom is 0.302 e. The second-order valence-electron chi connectivity index (χ2n) is 9.49. The van der Waals surface area contributed by atoms with Gasteiger partial charge < -0.3 is 23.7 Å². The number of fused-ring (bicyclic) bond motifs is 1. The first kappa shape index (κ1) is 24.9. The molecule has 1 aromatic rings. The van der Waals surface area contributed by atoms with Crippen molar-refractivity contribution in [3.63, 3.8) is 0 Å². The van der Waals surface area contributed by atoms with Gasteiger partial charge in [0.05, 0.1) is 25.4 Å². The van der Waals surface area contributed by atoms with Crippen LogP contribution in [0.5, 0.6) is 5.75 Å². The second-order valence-corrected chi connectivity index (χ2v) is 9.49. The Hall–Kier alpha value is -2.22. The van der Waals surface area contributed by atoms with Crippen LogP contribution in [0.4, 0.5) is 0 Å². The molecule has 7 heteroatoms. The standard InChI is InChI=1S/C27H36O7/c1-19(28)31-16-20-10-12-23-24(13-11-21(29)18-32-22-7-3-2-4-8-22)26(15-25(23)33-17-20)34-27-9-5-6-14-30-27/h2-4,7-8,11,13,20,23-27H,5-6,9-10,12,14-18H2,1H3/t20-,23-,24-,25+,26-,27?/m1/s1. The van der Waals surface area contributed by atoms with Gasteiger partial charge in [-0.05, 0) is 56.2 Å². The maximum absolute atomic E-state index is 12.5. The van der Waals surface area contributed by atoms with Crippen LogP contribution < -0.4 is 4.74 Å². The number of hydrogen-bond donors (Lipinski definition) is 0. The molecule has 34 heavy (non-hydrogen) atoms. The molecule has 0 amide bonds. The highest BCUT2D eigenvalue weighted by atomic mass is 16.7. The van der Waals surface area contributed by atoms with Crippen LogP contribution in [-0.4, -0.2) is 56.7 Å². The molecular weight excluding hydrogens is 436 g/mol. The minimum atomic E-state index is -0.262. The molecule has 7 nitrogen and oxygen atoms in total. The number of ether oxygens (including phenoxy) is 5. The van der Waals surface area contributed by atoms with Crippen molar-refractivity contribution in [2.24, 2.45) is 17.8 Å². The molecule has 1 unspecified atom stereocenters. The molecule has 6 atom stereocenters. The minimum absolute atomic E-state index is 0.000449. The zero-order chi connectivity index (χ0) is 23.8. The van der Waals surface area contributed by atoms with E-state index in [4.69, 9.17) is 23.7 Å². The number of carbonyl (C=O) groups is 2. The van der Waals surface area contributed by atoms with Gasteiger partial charge in [-0.3, -0.25) is 9.59 Å². The van der Waals surface area contributed by atoms with E-state index in [1.807, 2.05) is 36.4 Å². The molecule has 2 saturated heterocycles. The highest BCUT2D eigenvalue weighted by Crippen LogP contribution is 2.43. The van der Waals surface area contributed by atoms with Gasteiger partial charge in [0.25, 0.3) is 0 Å². The van der Waals surface area contributed by atoms with E-state index < -0.39 is 0 Å². The average Bonchev–Trinajstić information content (AvgIpc) is 3.04. The van der Waals surface area contributed by atoms with Crippen molar-refractivity contribution in [3.05, 3.63) is 42.5 Å². The number of benzene rings is 1. The molecule has 2 aliphatic heterocycles.